The van der Waals surface area contributed by atoms with Crippen molar-refractivity contribution in [3.8, 4) is 0 Å². The van der Waals surface area contributed by atoms with Crippen LogP contribution in [-0.4, -0.2) is 35.9 Å². The van der Waals surface area contributed by atoms with Crippen molar-refractivity contribution in [1.82, 2.24) is 4.98 Å². The van der Waals surface area contributed by atoms with E-state index in [-0.39, 0.29) is 22.8 Å². The predicted octanol–water partition coefficient (Wildman–Crippen LogP) is 2.07. The van der Waals surface area contributed by atoms with Crippen LogP contribution >= 0.6 is 0 Å². The molecule has 2 unspecified atom stereocenters. The largest absolute Gasteiger partial charge is 0.362 e. The van der Waals surface area contributed by atoms with Crippen LogP contribution in [0.5, 0.6) is 0 Å². The van der Waals surface area contributed by atoms with Crippen molar-refractivity contribution in [3.05, 3.63) is 27.9 Å². The molecule has 0 bridgehead atoms. The quantitative estimate of drug-likeness (QED) is 0.674. The van der Waals surface area contributed by atoms with E-state index < -0.39 is 14.8 Å². The van der Waals surface area contributed by atoms with Crippen molar-refractivity contribution >= 4 is 21.3 Å². The Kier molecular flexibility index (Phi) is 4.46. The lowest BCUT2D eigenvalue weighted by Crippen LogP contribution is -2.34. The van der Waals surface area contributed by atoms with Crippen LogP contribution < -0.4 is 5.32 Å². The molecule has 116 valence electrons. The Labute approximate surface area is 123 Å². The van der Waals surface area contributed by atoms with E-state index >= 15 is 0 Å². The van der Waals surface area contributed by atoms with Crippen LogP contribution in [0.3, 0.4) is 0 Å². The Hall–Kier alpha value is -1.70. The zero-order valence-electron chi connectivity index (χ0n) is 12.1. The van der Waals surface area contributed by atoms with Crippen LogP contribution in [0.4, 0.5) is 11.5 Å². The number of pyridine rings is 1. The third-order valence-electron chi connectivity index (χ3n) is 3.88. The molecule has 2 rings (SSSR count). The van der Waals surface area contributed by atoms with Gasteiger partial charge in [-0.3, -0.25) is 10.1 Å². The Morgan fingerprint density at radius 1 is 1.43 bits per heavy atom. The lowest BCUT2D eigenvalue weighted by Gasteiger charge is -2.28. The first-order chi connectivity index (χ1) is 9.79. The second-order valence-corrected chi connectivity index (χ2v) is 7.87. The third kappa shape index (κ3) is 3.69. The summed E-state index contributed by atoms with van der Waals surface area (Å²) in [5, 5.41) is 13.8. The number of aryl methyl sites for hydroxylation is 1. The van der Waals surface area contributed by atoms with Crippen molar-refractivity contribution in [2.45, 2.75) is 43.9 Å². The monoisotopic (exact) mass is 313 g/mol. The molecule has 1 heterocycles. The van der Waals surface area contributed by atoms with E-state index in [0.717, 1.165) is 12.8 Å². The van der Waals surface area contributed by atoms with Crippen molar-refractivity contribution in [1.29, 1.82) is 0 Å². The van der Waals surface area contributed by atoms with Gasteiger partial charge in [0, 0.05) is 24.1 Å². The first-order valence-corrected chi connectivity index (χ1v) is 8.80. The topological polar surface area (TPSA) is 102 Å². The second kappa shape index (κ2) is 5.97. The molecule has 0 saturated heterocycles. The summed E-state index contributed by atoms with van der Waals surface area (Å²) in [6.07, 6.45) is 5.45. The van der Waals surface area contributed by atoms with Gasteiger partial charge in [0.2, 0.25) is 5.82 Å². The van der Waals surface area contributed by atoms with Crippen molar-refractivity contribution in [3.63, 3.8) is 0 Å². The molecule has 1 aliphatic carbocycles. The maximum atomic E-state index is 11.7. The first-order valence-electron chi connectivity index (χ1n) is 6.84. The molecule has 0 radical (unpaired) electrons. The molecule has 8 heteroatoms. The Bertz CT molecular complexity index is 645. The maximum Gasteiger partial charge on any atom is 0.314 e. The standard InChI is InChI=1S/C13H19N3O4S/c1-9-6-7-14-13(12(9)16(17)18)15-10-4-3-5-11(8-10)21(2,19)20/h6-7,10-11H,3-5,8H2,1-2H3,(H,14,15). The molecule has 1 aromatic rings. The Morgan fingerprint density at radius 3 is 2.76 bits per heavy atom. The highest BCUT2D eigenvalue weighted by Gasteiger charge is 2.30. The third-order valence-corrected chi connectivity index (χ3v) is 5.52. The van der Waals surface area contributed by atoms with Gasteiger partial charge < -0.3 is 5.32 Å². The fraction of sp³-hybridized carbons (Fsp3) is 0.615. The molecule has 1 fully saturated rings. The van der Waals surface area contributed by atoms with E-state index in [1.807, 2.05) is 0 Å². The van der Waals surface area contributed by atoms with Gasteiger partial charge in [0.15, 0.2) is 0 Å². The van der Waals surface area contributed by atoms with Gasteiger partial charge in [0.05, 0.1) is 10.2 Å². The molecule has 2 atom stereocenters. The average Bonchev–Trinajstić information content (AvgIpc) is 2.37. The predicted molar refractivity (Wildman–Crippen MR) is 80.1 cm³/mol. The number of aromatic nitrogens is 1. The summed E-state index contributed by atoms with van der Waals surface area (Å²) < 4.78 is 23.3. The van der Waals surface area contributed by atoms with Crippen LogP contribution in [0.25, 0.3) is 0 Å². The fourth-order valence-electron chi connectivity index (χ4n) is 2.74. The molecule has 0 spiro atoms. The molecule has 1 N–H and O–H groups in total. The minimum absolute atomic E-state index is 0.0426. The van der Waals surface area contributed by atoms with Gasteiger partial charge in [0.25, 0.3) is 0 Å². The smallest absolute Gasteiger partial charge is 0.314 e. The van der Waals surface area contributed by atoms with Crippen LogP contribution in [0, 0.1) is 17.0 Å². The lowest BCUT2D eigenvalue weighted by atomic mass is 9.95. The zero-order valence-corrected chi connectivity index (χ0v) is 12.9. The van der Waals surface area contributed by atoms with Crippen molar-refractivity contribution in [2.24, 2.45) is 0 Å². The van der Waals surface area contributed by atoms with Crippen LogP contribution in [0.2, 0.25) is 0 Å². The van der Waals surface area contributed by atoms with Gasteiger partial charge in [-0.25, -0.2) is 13.4 Å². The molecular weight excluding hydrogens is 294 g/mol. The zero-order chi connectivity index (χ0) is 15.6. The van der Waals surface area contributed by atoms with Crippen LogP contribution in [-0.2, 0) is 9.84 Å². The number of hydrogen-bond donors (Lipinski definition) is 1. The number of sulfone groups is 1. The molecule has 1 aromatic heterocycles. The van der Waals surface area contributed by atoms with E-state index in [1.54, 1.807) is 13.0 Å². The minimum atomic E-state index is -3.08. The maximum absolute atomic E-state index is 11.7. The number of rotatable bonds is 4. The summed E-state index contributed by atoms with van der Waals surface area (Å²) in [5.41, 5.74) is 0.493. The molecule has 1 aliphatic rings. The lowest BCUT2D eigenvalue weighted by molar-refractivity contribution is -0.384. The van der Waals surface area contributed by atoms with Gasteiger partial charge in [-0.15, -0.1) is 0 Å². The summed E-state index contributed by atoms with van der Waals surface area (Å²) >= 11 is 0. The molecular formula is C13H19N3O4S. The number of nitrogens with zero attached hydrogens (tertiary/aromatic N) is 2. The number of anilines is 1. The summed E-state index contributed by atoms with van der Waals surface area (Å²) in [5.74, 6) is 0.221. The van der Waals surface area contributed by atoms with E-state index in [9.17, 15) is 18.5 Å². The second-order valence-electron chi connectivity index (χ2n) is 5.54. The van der Waals surface area contributed by atoms with E-state index in [1.165, 1.54) is 12.5 Å². The van der Waals surface area contributed by atoms with E-state index in [2.05, 4.69) is 10.3 Å². The first kappa shape index (κ1) is 15.7. The molecule has 21 heavy (non-hydrogen) atoms. The van der Waals surface area contributed by atoms with Crippen LogP contribution in [0.1, 0.15) is 31.2 Å². The fourth-order valence-corrected chi connectivity index (χ4v) is 3.92. The average molecular weight is 313 g/mol. The molecule has 0 amide bonds. The highest BCUT2D eigenvalue weighted by Crippen LogP contribution is 2.30. The van der Waals surface area contributed by atoms with E-state index in [4.69, 9.17) is 0 Å². The van der Waals surface area contributed by atoms with Gasteiger partial charge in [0.1, 0.15) is 9.84 Å². The molecule has 0 aliphatic heterocycles. The highest BCUT2D eigenvalue weighted by molar-refractivity contribution is 7.91. The van der Waals surface area contributed by atoms with Crippen molar-refractivity contribution in [2.75, 3.05) is 11.6 Å². The van der Waals surface area contributed by atoms with Crippen LogP contribution in [0.15, 0.2) is 12.3 Å². The number of hydrogen-bond acceptors (Lipinski definition) is 6. The molecule has 7 nitrogen and oxygen atoms in total. The summed E-state index contributed by atoms with van der Waals surface area (Å²) in [7, 11) is -3.08. The summed E-state index contributed by atoms with van der Waals surface area (Å²) in [4.78, 5) is 14.7. The minimum Gasteiger partial charge on any atom is -0.362 e. The van der Waals surface area contributed by atoms with Gasteiger partial charge >= 0.3 is 5.69 Å². The van der Waals surface area contributed by atoms with Gasteiger partial charge in [-0.2, -0.15) is 0 Å². The highest BCUT2D eigenvalue weighted by atomic mass is 32.2. The summed E-state index contributed by atoms with van der Waals surface area (Å²) in [6.45, 7) is 1.66. The number of nitro groups is 1. The van der Waals surface area contributed by atoms with E-state index in [0.29, 0.717) is 18.4 Å². The summed E-state index contributed by atoms with van der Waals surface area (Å²) in [6, 6.07) is 1.48. The molecule has 1 saturated carbocycles. The molecule has 0 aromatic carbocycles. The number of nitrogens with one attached hydrogen (secondary N) is 1. The normalized spacial score (nSPS) is 22.8. The Morgan fingerprint density at radius 2 is 2.14 bits per heavy atom. The van der Waals surface area contributed by atoms with Crippen molar-refractivity contribution < 1.29 is 13.3 Å². The SMILES string of the molecule is Cc1ccnc(NC2CCCC(S(C)(=O)=O)C2)c1[N+](=O)[O-]. The Balaban J connectivity index is 2.19. The van der Waals surface area contributed by atoms with Gasteiger partial charge in [-0.1, -0.05) is 6.42 Å². The van der Waals surface area contributed by atoms with Gasteiger partial charge in [-0.05, 0) is 32.3 Å².